The van der Waals surface area contributed by atoms with Gasteiger partial charge in [0, 0.05) is 25.2 Å². The lowest BCUT2D eigenvalue weighted by atomic mass is 9.88. The van der Waals surface area contributed by atoms with Gasteiger partial charge in [-0.15, -0.1) is 0 Å². The zero-order valence-corrected chi connectivity index (χ0v) is 39.3. The summed E-state index contributed by atoms with van der Waals surface area (Å²) in [5.41, 5.74) is 0. The summed E-state index contributed by atoms with van der Waals surface area (Å²) in [7, 11) is 4.15. The molecule has 0 aromatic rings. The molecule has 0 heterocycles. The molecule has 0 unspecified atom stereocenters. The Morgan fingerprint density at radius 2 is 0.719 bits per heavy atom. The summed E-state index contributed by atoms with van der Waals surface area (Å²) in [6.45, 7) is 11.2. The van der Waals surface area contributed by atoms with Gasteiger partial charge in [0.15, 0.2) is 0 Å². The smallest absolute Gasteiger partial charge is 0.305 e. The van der Waals surface area contributed by atoms with Crippen molar-refractivity contribution in [3.8, 4) is 0 Å². The standard InChI is InChI=1S/C51H99NO5/c1-7-11-21-32-46(33-22-12-8-2)36-30-44-56-50(54)41-27-19-15-17-25-38-48(49(53)40-29-43-52(5)6)39-26-18-16-20-28-42-51(55)57-45-31-37-47(34-23-13-9-3)35-24-14-10-4/h46-48H,7-45H2,1-6H3. The molecule has 0 spiro atoms. The van der Waals surface area contributed by atoms with Gasteiger partial charge in [-0.1, -0.05) is 182 Å². The zero-order chi connectivity index (χ0) is 42.0. The zero-order valence-electron chi connectivity index (χ0n) is 39.3. The normalized spacial score (nSPS) is 11.8. The number of hydrogen-bond donors (Lipinski definition) is 0. The number of nitrogens with zero attached hydrogens (tertiary/aromatic N) is 1. The van der Waals surface area contributed by atoms with E-state index in [2.05, 4.69) is 46.7 Å². The second-order valence-electron chi connectivity index (χ2n) is 18.1. The SMILES string of the molecule is CCCCCC(CCCCC)CCCOC(=O)CCCCCCCC(CCCCCCCC(=O)OCCCC(CCCCC)CCCCC)C(=O)CCCN(C)C. The maximum atomic E-state index is 13.2. The fourth-order valence-corrected chi connectivity index (χ4v) is 8.48. The van der Waals surface area contributed by atoms with Crippen LogP contribution < -0.4 is 0 Å². The van der Waals surface area contributed by atoms with Crippen LogP contribution in [-0.4, -0.2) is 56.5 Å². The van der Waals surface area contributed by atoms with E-state index in [1.54, 1.807) is 0 Å². The Balaban J connectivity index is 4.25. The van der Waals surface area contributed by atoms with Crippen LogP contribution >= 0.6 is 0 Å². The Bertz CT molecular complexity index is 813. The monoisotopic (exact) mass is 806 g/mol. The minimum Gasteiger partial charge on any atom is -0.466 e. The van der Waals surface area contributed by atoms with E-state index in [9.17, 15) is 14.4 Å². The van der Waals surface area contributed by atoms with Gasteiger partial charge in [-0.25, -0.2) is 0 Å². The molecule has 6 heteroatoms. The fraction of sp³-hybridized carbons (Fsp3) is 0.941. The first-order chi connectivity index (χ1) is 27.8. The highest BCUT2D eigenvalue weighted by Gasteiger charge is 2.18. The van der Waals surface area contributed by atoms with Crippen LogP contribution in [0.3, 0.4) is 0 Å². The second kappa shape index (κ2) is 42.7. The number of ether oxygens (including phenoxy) is 2. The highest BCUT2D eigenvalue weighted by atomic mass is 16.5. The molecule has 0 saturated heterocycles. The predicted octanol–water partition coefficient (Wildman–Crippen LogP) is 15.2. The largest absolute Gasteiger partial charge is 0.466 e. The van der Waals surface area contributed by atoms with E-state index in [4.69, 9.17) is 9.47 Å². The molecule has 338 valence electrons. The maximum Gasteiger partial charge on any atom is 0.305 e. The van der Waals surface area contributed by atoms with Crippen LogP contribution in [0, 0.1) is 17.8 Å². The number of unbranched alkanes of at least 4 members (excludes halogenated alkanes) is 16. The Kier molecular flexibility index (Phi) is 41.6. The van der Waals surface area contributed by atoms with Gasteiger partial charge < -0.3 is 14.4 Å². The number of hydrogen-bond acceptors (Lipinski definition) is 6. The van der Waals surface area contributed by atoms with E-state index >= 15 is 0 Å². The van der Waals surface area contributed by atoms with Gasteiger partial charge in [0.25, 0.3) is 0 Å². The van der Waals surface area contributed by atoms with E-state index in [0.717, 1.165) is 115 Å². The molecule has 57 heavy (non-hydrogen) atoms. The molecule has 0 radical (unpaired) electrons. The Labute approximate surface area is 355 Å². The van der Waals surface area contributed by atoms with E-state index in [-0.39, 0.29) is 17.9 Å². The van der Waals surface area contributed by atoms with Crippen molar-refractivity contribution in [2.75, 3.05) is 33.9 Å². The third kappa shape index (κ3) is 38.5. The van der Waals surface area contributed by atoms with Crippen LogP contribution in [0.2, 0.25) is 0 Å². The minimum atomic E-state index is -0.0308. The maximum absolute atomic E-state index is 13.2. The van der Waals surface area contributed by atoms with Gasteiger partial charge in [-0.2, -0.15) is 0 Å². The molecule has 0 bridgehead atoms. The van der Waals surface area contributed by atoms with Crippen molar-refractivity contribution in [1.29, 1.82) is 0 Å². The number of esters is 2. The first-order valence-electron chi connectivity index (χ1n) is 25.3. The van der Waals surface area contributed by atoms with Gasteiger partial charge in [0.1, 0.15) is 5.78 Å². The Hall–Kier alpha value is -1.43. The van der Waals surface area contributed by atoms with E-state index < -0.39 is 0 Å². The molecule has 0 fully saturated rings. The first-order valence-corrected chi connectivity index (χ1v) is 25.3. The highest BCUT2D eigenvalue weighted by Crippen LogP contribution is 2.25. The lowest BCUT2D eigenvalue weighted by Gasteiger charge is -2.17. The third-order valence-corrected chi connectivity index (χ3v) is 12.3. The number of rotatable bonds is 45. The first kappa shape index (κ1) is 55.6. The molecular weight excluding hydrogens is 707 g/mol. The van der Waals surface area contributed by atoms with E-state index in [0.29, 0.717) is 38.3 Å². The van der Waals surface area contributed by atoms with E-state index in [1.165, 1.54) is 116 Å². The average Bonchev–Trinajstić information content (AvgIpc) is 3.19. The van der Waals surface area contributed by atoms with Crippen LogP contribution in [0.15, 0.2) is 0 Å². The molecule has 0 aliphatic rings. The third-order valence-electron chi connectivity index (χ3n) is 12.3. The van der Waals surface area contributed by atoms with Crippen LogP contribution in [-0.2, 0) is 23.9 Å². The molecule has 0 amide bonds. The molecule has 0 rings (SSSR count). The number of ketones is 1. The number of Topliss-reactive ketones (excluding diaryl/α,β-unsaturated/α-hetero) is 1. The highest BCUT2D eigenvalue weighted by molar-refractivity contribution is 5.80. The predicted molar refractivity (Wildman–Crippen MR) is 245 cm³/mol. The topological polar surface area (TPSA) is 72.9 Å². The molecule has 0 atom stereocenters. The lowest BCUT2D eigenvalue weighted by molar-refractivity contribution is -0.144. The molecule has 0 saturated carbocycles. The fourth-order valence-electron chi connectivity index (χ4n) is 8.48. The summed E-state index contributed by atoms with van der Waals surface area (Å²) in [6.07, 6.45) is 40.7. The molecule has 0 aromatic heterocycles. The summed E-state index contributed by atoms with van der Waals surface area (Å²) in [5, 5.41) is 0. The minimum absolute atomic E-state index is 0.0308. The second-order valence-corrected chi connectivity index (χ2v) is 18.1. The van der Waals surface area contributed by atoms with Crippen LogP contribution in [0.5, 0.6) is 0 Å². The lowest BCUT2D eigenvalue weighted by Crippen LogP contribution is -2.18. The Morgan fingerprint density at radius 3 is 1.09 bits per heavy atom. The molecule has 0 aliphatic heterocycles. The number of carbonyl (C=O) groups is 3. The van der Waals surface area contributed by atoms with Crippen molar-refractivity contribution < 1.29 is 23.9 Å². The van der Waals surface area contributed by atoms with Crippen molar-refractivity contribution in [2.24, 2.45) is 17.8 Å². The van der Waals surface area contributed by atoms with Gasteiger partial charge in [0.2, 0.25) is 0 Å². The summed E-state index contributed by atoms with van der Waals surface area (Å²) in [6, 6.07) is 0. The summed E-state index contributed by atoms with van der Waals surface area (Å²) in [5.74, 6) is 2.15. The van der Waals surface area contributed by atoms with Crippen molar-refractivity contribution in [1.82, 2.24) is 4.90 Å². The molecule has 0 aliphatic carbocycles. The van der Waals surface area contributed by atoms with Crippen LogP contribution in [0.4, 0.5) is 0 Å². The van der Waals surface area contributed by atoms with Gasteiger partial charge >= 0.3 is 11.9 Å². The molecule has 0 aromatic carbocycles. The van der Waals surface area contributed by atoms with Crippen molar-refractivity contribution in [3.05, 3.63) is 0 Å². The van der Waals surface area contributed by atoms with Crippen molar-refractivity contribution >= 4 is 17.7 Å². The molecule has 6 nitrogen and oxygen atoms in total. The average molecular weight is 806 g/mol. The van der Waals surface area contributed by atoms with Gasteiger partial charge in [-0.3, -0.25) is 14.4 Å². The van der Waals surface area contributed by atoms with Crippen LogP contribution in [0.1, 0.15) is 259 Å². The summed E-state index contributed by atoms with van der Waals surface area (Å²) >= 11 is 0. The van der Waals surface area contributed by atoms with E-state index in [1.807, 2.05) is 0 Å². The summed E-state index contributed by atoms with van der Waals surface area (Å²) < 4.78 is 11.2. The number of carbonyl (C=O) groups excluding carboxylic acids is 3. The van der Waals surface area contributed by atoms with Crippen LogP contribution in [0.25, 0.3) is 0 Å². The Morgan fingerprint density at radius 1 is 0.386 bits per heavy atom. The molecular formula is C51H99NO5. The molecule has 0 N–H and O–H groups in total. The van der Waals surface area contributed by atoms with Crippen molar-refractivity contribution in [3.63, 3.8) is 0 Å². The quantitative estimate of drug-likeness (QED) is 0.0451. The van der Waals surface area contributed by atoms with Gasteiger partial charge in [0.05, 0.1) is 13.2 Å². The van der Waals surface area contributed by atoms with Gasteiger partial charge in [-0.05, 0) is 90.3 Å². The summed E-state index contributed by atoms with van der Waals surface area (Å²) in [4.78, 5) is 40.1. The van der Waals surface area contributed by atoms with Crippen molar-refractivity contribution in [2.45, 2.75) is 259 Å².